The van der Waals surface area contributed by atoms with Gasteiger partial charge < -0.3 is 15.5 Å². The molecule has 146 valence electrons. The fourth-order valence-corrected chi connectivity index (χ4v) is 5.05. The minimum Gasteiger partial charge on any atom is -0.339 e. The van der Waals surface area contributed by atoms with E-state index in [0.717, 1.165) is 32.4 Å². The molecule has 2 heterocycles. The zero-order valence-corrected chi connectivity index (χ0v) is 16.4. The molecule has 2 amide bonds. The van der Waals surface area contributed by atoms with Crippen LogP contribution in [0.2, 0.25) is 5.02 Å². The van der Waals surface area contributed by atoms with Gasteiger partial charge in [0.15, 0.2) is 0 Å². The molecule has 27 heavy (non-hydrogen) atoms. The number of amides is 2. The van der Waals surface area contributed by atoms with Crippen LogP contribution in [-0.2, 0) is 4.79 Å². The van der Waals surface area contributed by atoms with Gasteiger partial charge in [0.1, 0.15) is 0 Å². The Morgan fingerprint density at radius 3 is 2.59 bits per heavy atom. The third-order valence-electron chi connectivity index (χ3n) is 6.29. The Kier molecular flexibility index (Phi) is 5.69. The number of nitrogens with zero attached hydrogens (tertiary/aromatic N) is 1. The number of hydrogen-bond acceptors (Lipinski definition) is 3. The molecular weight excluding hydrogens is 362 g/mol. The molecule has 0 spiro atoms. The third kappa shape index (κ3) is 4.14. The summed E-state index contributed by atoms with van der Waals surface area (Å²) >= 11 is 6.37. The van der Waals surface area contributed by atoms with E-state index in [9.17, 15) is 9.59 Å². The first-order valence-electron chi connectivity index (χ1n) is 10.3. The van der Waals surface area contributed by atoms with E-state index >= 15 is 0 Å². The highest BCUT2D eigenvalue weighted by Gasteiger charge is 2.38. The topological polar surface area (TPSA) is 61.4 Å². The van der Waals surface area contributed by atoms with Gasteiger partial charge in [-0.2, -0.15) is 0 Å². The Bertz CT molecular complexity index is 703. The fourth-order valence-electron chi connectivity index (χ4n) is 4.78. The number of benzene rings is 1. The molecule has 3 atom stereocenters. The second-order valence-electron chi connectivity index (χ2n) is 8.14. The zero-order valence-electron chi connectivity index (χ0n) is 15.7. The largest absolute Gasteiger partial charge is 0.339 e. The van der Waals surface area contributed by atoms with Crippen molar-refractivity contribution in [2.45, 2.75) is 63.5 Å². The van der Waals surface area contributed by atoms with E-state index in [1.807, 2.05) is 4.90 Å². The first-order chi connectivity index (χ1) is 13.1. The molecule has 2 aliphatic heterocycles. The Balaban J connectivity index is 1.39. The number of rotatable bonds is 3. The van der Waals surface area contributed by atoms with Crippen molar-refractivity contribution in [2.24, 2.45) is 5.92 Å². The van der Waals surface area contributed by atoms with Crippen LogP contribution in [0.25, 0.3) is 0 Å². The van der Waals surface area contributed by atoms with E-state index in [0.29, 0.717) is 28.2 Å². The molecule has 2 N–H and O–H groups in total. The van der Waals surface area contributed by atoms with Gasteiger partial charge in [0, 0.05) is 24.8 Å². The maximum Gasteiger partial charge on any atom is 0.255 e. The third-order valence-corrected chi connectivity index (χ3v) is 6.60. The quantitative estimate of drug-likeness (QED) is 0.825. The minimum absolute atomic E-state index is 0.00410. The van der Waals surface area contributed by atoms with Crippen molar-refractivity contribution in [3.8, 4) is 0 Å². The number of nitrogens with one attached hydrogen (secondary N) is 2. The minimum atomic E-state index is -0.133. The van der Waals surface area contributed by atoms with Crippen molar-refractivity contribution < 1.29 is 9.59 Å². The molecule has 2 saturated heterocycles. The zero-order chi connectivity index (χ0) is 18.8. The summed E-state index contributed by atoms with van der Waals surface area (Å²) in [6.07, 6.45) is 9.12. The van der Waals surface area contributed by atoms with Crippen LogP contribution in [0.15, 0.2) is 18.2 Å². The van der Waals surface area contributed by atoms with E-state index in [-0.39, 0.29) is 17.9 Å². The monoisotopic (exact) mass is 389 g/mol. The van der Waals surface area contributed by atoms with Gasteiger partial charge in [-0.25, -0.2) is 0 Å². The van der Waals surface area contributed by atoms with E-state index in [1.54, 1.807) is 18.2 Å². The number of fused-ring (bicyclic) bond motifs is 1. The first-order valence-corrected chi connectivity index (χ1v) is 10.7. The lowest BCUT2D eigenvalue weighted by Gasteiger charge is -2.27. The maximum atomic E-state index is 12.7. The molecule has 5 nitrogen and oxygen atoms in total. The SMILES string of the molecule is O=C(Nc1ccc(C(=O)N2CCCCC2)c(Cl)c1)C1CC2CCCCC2N1. The van der Waals surface area contributed by atoms with Crippen LogP contribution in [0, 0.1) is 5.92 Å². The van der Waals surface area contributed by atoms with Crippen LogP contribution < -0.4 is 10.6 Å². The molecule has 6 heteroatoms. The highest BCUT2D eigenvalue weighted by Crippen LogP contribution is 2.33. The van der Waals surface area contributed by atoms with Crippen LogP contribution >= 0.6 is 11.6 Å². The lowest BCUT2D eigenvalue weighted by Crippen LogP contribution is -2.39. The maximum absolute atomic E-state index is 12.7. The second kappa shape index (κ2) is 8.19. The molecule has 3 unspecified atom stereocenters. The number of carbonyl (C=O) groups excluding carboxylic acids is 2. The van der Waals surface area contributed by atoms with E-state index < -0.39 is 0 Å². The summed E-state index contributed by atoms with van der Waals surface area (Å²) in [4.78, 5) is 27.2. The molecule has 1 aliphatic carbocycles. The number of hydrogen-bond donors (Lipinski definition) is 2. The highest BCUT2D eigenvalue weighted by atomic mass is 35.5. The van der Waals surface area contributed by atoms with E-state index in [4.69, 9.17) is 11.6 Å². The first kappa shape index (κ1) is 18.8. The summed E-state index contributed by atoms with van der Waals surface area (Å²) in [5, 5.41) is 6.86. The van der Waals surface area contributed by atoms with Gasteiger partial charge in [0.05, 0.1) is 16.6 Å². The molecule has 3 fully saturated rings. The van der Waals surface area contributed by atoms with E-state index in [2.05, 4.69) is 10.6 Å². The predicted octanol–water partition coefficient (Wildman–Crippen LogP) is 3.83. The highest BCUT2D eigenvalue weighted by molar-refractivity contribution is 6.34. The molecular formula is C21H28ClN3O2. The van der Waals surface area contributed by atoms with Crippen molar-refractivity contribution in [3.63, 3.8) is 0 Å². The van der Waals surface area contributed by atoms with Crippen molar-refractivity contribution in [3.05, 3.63) is 28.8 Å². The summed E-state index contributed by atoms with van der Waals surface area (Å²) in [5.41, 5.74) is 1.17. The fraction of sp³-hybridized carbons (Fsp3) is 0.619. The van der Waals surface area contributed by atoms with E-state index in [1.165, 1.54) is 32.1 Å². The number of likely N-dealkylation sites (tertiary alicyclic amines) is 1. The van der Waals surface area contributed by atoms with Crippen molar-refractivity contribution in [1.29, 1.82) is 0 Å². The molecule has 1 saturated carbocycles. The predicted molar refractivity (Wildman–Crippen MR) is 107 cm³/mol. The Hall–Kier alpha value is -1.59. The summed E-state index contributed by atoms with van der Waals surface area (Å²) in [6.45, 7) is 1.59. The van der Waals surface area contributed by atoms with Gasteiger partial charge in [-0.05, 0) is 62.6 Å². The van der Waals surface area contributed by atoms with Crippen LogP contribution in [0.4, 0.5) is 5.69 Å². The van der Waals surface area contributed by atoms with Crippen molar-refractivity contribution >= 4 is 29.1 Å². The number of anilines is 1. The van der Waals surface area contributed by atoms with Crippen LogP contribution in [0.5, 0.6) is 0 Å². The van der Waals surface area contributed by atoms with Gasteiger partial charge in [0.2, 0.25) is 5.91 Å². The Labute approximate surface area is 165 Å². The van der Waals surface area contributed by atoms with Crippen molar-refractivity contribution in [2.75, 3.05) is 18.4 Å². The summed E-state index contributed by atoms with van der Waals surface area (Å²) < 4.78 is 0. The summed E-state index contributed by atoms with van der Waals surface area (Å²) in [6, 6.07) is 5.56. The van der Waals surface area contributed by atoms with Gasteiger partial charge in [-0.3, -0.25) is 9.59 Å². The standard InChI is InChI=1S/C21H28ClN3O2/c22-17-13-15(8-9-16(17)21(27)25-10-4-1-5-11-25)23-20(26)19-12-14-6-2-3-7-18(14)24-19/h8-9,13-14,18-19,24H,1-7,10-12H2,(H,23,26). The molecule has 1 aromatic carbocycles. The molecule has 1 aromatic rings. The van der Waals surface area contributed by atoms with Crippen LogP contribution in [0.1, 0.15) is 61.7 Å². The lowest BCUT2D eigenvalue weighted by molar-refractivity contribution is -0.117. The van der Waals surface area contributed by atoms with Gasteiger partial charge in [-0.1, -0.05) is 24.4 Å². The average Bonchev–Trinajstić information content (AvgIpc) is 3.13. The molecule has 0 bridgehead atoms. The van der Waals surface area contributed by atoms with Crippen LogP contribution in [0.3, 0.4) is 0 Å². The molecule has 4 rings (SSSR count). The molecule has 3 aliphatic rings. The Morgan fingerprint density at radius 1 is 1.07 bits per heavy atom. The van der Waals surface area contributed by atoms with Gasteiger partial charge in [0.25, 0.3) is 5.91 Å². The second-order valence-corrected chi connectivity index (χ2v) is 8.55. The summed E-state index contributed by atoms with van der Waals surface area (Å²) in [5.74, 6) is 0.609. The Morgan fingerprint density at radius 2 is 1.85 bits per heavy atom. The summed E-state index contributed by atoms with van der Waals surface area (Å²) in [7, 11) is 0. The number of halogens is 1. The smallest absolute Gasteiger partial charge is 0.255 e. The van der Waals surface area contributed by atoms with Crippen LogP contribution in [-0.4, -0.2) is 41.9 Å². The van der Waals surface area contributed by atoms with Gasteiger partial charge in [-0.15, -0.1) is 0 Å². The normalized spacial score (nSPS) is 27.9. The van der Waals surface area contributed by atoms with Crippen molar-refractivity contribution in [1.82, 2.24) is 10.2 Å². The van der Waals surface area contributed by atoms with Gasteiger partial charge >= 0.3 is 0 Å². The average molecular weight is 390 g/mol. The number of piperidine rings is 1. The molecule has 0 aromatic heterocycles. The number of carbonyl (C=O) groups is 2. The lowest BCUT2D eigenvalue weighted by atomic mass is 9.85. The molecule has 0 radical (unpaired) electrons.